The van der Waals surface area contributed by atoms with Crippen molar-refractivity contribution in [2.75, 3.05) is 27.8 Å². The van der Waals surface area contributed by atoms with Crippen molar-refractivity contribution in [3.8, 4) is 11.5 Å². The van der Waals surface area contributed by atoms with Crippen LogP contribution in [0.4, 0.5) is 0 Å². The number of likely N-dealkylation sites (N-methyl/N-ethyl adjacent to an activating group) is 1. The molecule has 2 aromatic rings. The number of aryl methyl sites for hydroxylation is 2. The summed E-state index contributed by atoms with van der Waals surface area (Å²) >= 11 is 0. The molecule has 0 atom stereocenters. The summed E-state index contributed by atoms with van der Waals surface area (Å²) < 4.78 is 10.9. The van der Waals surface area contributed by atoms with Gasteiger partial charge in [0.25, 0.3) is 11.8 Å². The molecule has 0 spiro atoms. The molecule has 0 heterocycles. The number of methoxy groups -OCH3 is 1. The van der Waals surface area contributed by atoms with Crippen molar-refractivity contribution in [2.24, 2.45) is 0 Å². The zero-order valence-electron chi connectivity index (χ0n) is 16.5. The van der Waals surface area contributed by atoms with E-state index in [4.69, 9.17) is 9.47 Å². The number of hydrogen-bond donors (Lipinski definition) is 1. The average molecular weight is 370 g/mol. The van der Waals surface area contributed by atoms with Crippen LogP contribution in [0.15, 0.2) is 36.4 Å². The fraction of sp³-hybridized carbons (Fsp3) is 0.333. The monoisotopic (exact) mass is 370 g/mol. The lowest BCUT2D eigenvalue weighted by atomic mass is 10.1. The summed E-state index contributed by atoms with van der Waals surface area (Å²) in [5, 5.41) is 2.92. The van der Waals surface area contributed by atoms with Crippen molar-refractivity contribution in [2.45, 2.75) is 20.4 Å². The number of hydrogen-bond acceptors (Lipinski definition) is 4. The molecule has 0 bridgehead atoms. The first kappa shape index (κ1) is 20.3. The van der Waals surface area contributed by atoms with Gasteiger partial charge in [-0.1, -0.05) is 23.8 Å². The quantitative estimate of drug-likeness (QED) is 0.814. The SMILES string of the molecule is COc1cc(CNC(=O)c2ccc(C)cc2C)ccc1OCC(=O)N(C)C. The van der Waals surface area contributed by atoms with E-state index in [0.29, 0.717) is 23.6 Å². The van der Waals surface area contributed by atoms with Crippen LogP contribution in [0.2, 0.25) is 0 Å². The van der Waals surface area contributed by atoms with E-state index in [0.717, 1.165) is 16.7 Å². The Kier molecular flexibility index (Phi) is 6.82. The van der Waals surface area contributed by atoms with E-state index in [9.17, 15) is 9.59 Å². The molecule has 2 rings (SSSR count). The second kappa shape index (κ2) is 9.07. The normalized spacial score (nSPS) is 10.3. The van der Waals surface area contributed by atoms with Crippen LogP contribution in [0.3, 0.4) is 0 Å². The standard InChI is InChI=1S/C21H26N2O4/c1-14-6-8-17(15(2)10-14)21(25)22-12-16-7-9-18(19(11-16)26-5)27-13-20(24)23(3)4/h6-11H,12-13H2,1-5H3,(H,22,25). The molecule has 0 unspecified atom stereocenters. The average Bonchev–Trinajstić information content (AvgIpc) is 2.64. The van der Waals surface area contributed by atoms with Crippen LogP contribution in [-0.4, -0.2) is 44.5 Å². The summed E-state index contributed by atoms with van der Waals surface area (Å²) in [5.41, 5.74) is 3.60. The fourth-order valence-corrected chi connectivity index (χ4v) is 2.56. The molecule has 0 radical (unpaired) electrons. The third kappa shape index (κ3) is 5.48. The zero-order valence-corrected chi connectivity index (χ0v) is 16.5. The topological polar surface area (TPSA) is 67.9 Å². The van der Waals surface area contributed by atoms with Gasteiger partial charge in [0.2, 0.25) is 0 Å². The molecule has 2 aromatic carbocycles. The number of ether oxygens (including phenoxy) is 2. The third-order valence-corrected chi connectivity index (χ3v) is 4.16. The van der Waals surface area contributed by atoms with Crippen molar-refractivity contribution in [1.82, 2.24) is 10.2 Å². The molecule has 6 nitrogen and oxygen atoms in total. The van der Waals surface area contributed by atoms with Crippen LogP contribution in [0.5, 0.6) is 11.5 Å². The van der Waals surface area contributed by atoms with Crippen LogP contribution in [0.1, 0.15) is 27.0 Å². The number of nitrogens with zero attached hydrogens (tertiary/aromatic N) is 1. The minimum absolute atomic E-state index is 0.0633. The number of amides is 2. The number of benzene rings is 2. The Morgan fingerprint density at radius 3 is 2.41 bits per heavy atom. The highest BCUT2D eigenvalue weighted by Crippen LogP contribution is 2.28. The van der Waals surface area contributed by atoms with E-state index >= 15 is 0 Å². The van der Waals surface area contributed by atoms with Crippen LogP contribution in [0, 0.1) is 13.8 Å². The van der Waals surface area contributed by atoms with Crippen LogP contribution in [-0.2, 0) is 11.3 Å². The van der Waals surface area contributed by atoms with Crippen LogP contribution < -0.4 is 14.8 Å². The van der Waals surface area contributed by atoms with Gasteiger partial charge < -0.3 is 19.7 Å². The molecule has 0 aromatic heterocycles. The van der Waals surface area contributed by atoms with Gasteiger partial charge in [-0.25, -0.2) is 0 Å². The summed E-state index contributed by atoms with van der Waals surface area (Å²) in [6.45, 7) is 4.22. The molecule has 0 aliphatic carbocycles. The Bertz CT molecular complexity index is 831. The second-order valence-corrected chi connectivity index (χ2v) is 6.56. The molecule has 0 aliphatic heterocycles. The highest BCUT2D eigenvalue weighted by atomic mass is 16.5. The molecular weight excluding hydrogens is 344 g/mol. The van der Waals surface area contributed by atoms with Crippen LogP contribution >= 0.6 is 0 Å². The van der Waals surface area contributed by atoms with Crippen molar-refractivity contribution in [3.05, 3.63) is 58.7 Å². The van der Waals surface area contributed by atoms with E-state index < -0.39 is 0 Å². The van der Waals surface area contributed by atoms with Gasteiger partial charge in [-0.3, -0.25) is 9.59 Å². The molecule has 144 valence electrons. The molecular formula is C21H26N2O4. The van der Waals surface area contributed by atoms with Crippen molar-refractivity contribution < 1.29 is 19.1 Å². The minimum Gasteiger partial charge on any atom is -0.493 e. The minimum atomic E-state index is -0.137. The Morgan fingerprint density at radius 1 is 1.04 bits per heavy atom. The molecule has 6 heteroatoms. The Balaban J connectivity index is 2.02. The Labute approximate surface area is 160 Å². The predicted octanol–water partition coefficient (Wildman–Crippen LogP) is 2.71. The first-order valence-electron chi connectivity index (χ1n) is 8.67. The van der Waals surface area contributed by atoms with Gasteiger partial charge in [0.05, 0.1) is 7.11 Å². The first-order valence-corrected chi connectivity index (χ1v) is 8.67. The summed E-state index contributed by atoms with van der Waals surface area (Å²) in [5.74, 6) is 0.738. The first-order chi connectivity index (χ1) is 12.8. The number of carbonyl (C=O) groups is 2. The summed E-state index contributed by atoms with van der Waals surface area (Å²) in [4.78, 5) is 25.5. The molecule has 0 saturated carbocycles. The van der Waals surface area contributed by atoms with E-state index in [2.05, 4.69) is 5.32 Å². The third-order valence-electron chi connectivity index (χ3n) is 4.16. The van der Waals surface area contributed by atoms with E-state index in [1.807, 2.05) is 38.1 Å². The smallest absolute Gasteiger partial charge is 0.259 e. The molecule has 0 aliphatic rings. The van der Waals surface area contributed by atoms with Crippen molar-refractivity contribution >= 4 is 11.8 Å². The lowest BCUT2D eigenvalue weighted by Gasteiger charge is -2.14. The number of nitrogens with one attached hydrogen (secondary N) is 1. The summed E-state index contributed by atoms with van der Waals surface area (Å²) in [6, 6.07) is 11.1. The maximum atomic E-state index is 12.4. The van der Waals surface area contributed by atoms with Gasteiger partial charge in [-0.15, -0.1) is 0 Å². The van der Waals surface area contributed by atoms with Gasteiger partial charge >= 0.3 is 0 Å². The molecule has 1 N–H and O–H groups in total. The maximum Gasteiger partial charge on any atom is 0.259 e. The lowest BCUT2D eigenvalue weighted by molar-refractivity contribution is -0.130. The summed E-state index contributed by atoms with van der Waals surface area (Å²) in [6.07, 6.45) is 0. The number of rotatable bonds is 7. The summed E-state index contributed by atoms with van der Waals surface area (Å²) in [7, 11) is 4.88. The van der Waals surface area contributed by atoms with Gasteiger partial charge in [0.15, 0.2) is 18.1 Å². The van der Waals surface area contributed by atoms with Gasteiger partial charge in [0, 0.05) is 26.2 Å². The highest BCUT2D eigenvalue weighted by Gasteiger charge is 2.12. The molecule has 2 amide bonds. The van der Waals surface area contributed by atoms with Crippen LogP contribution in [0.25, 0.3) is 0 Å². The Morgan fingerprint density at radius 2 is 1.78 bits per heavy atom. The highest BCUT2D eigenvalue weighted by molar-refractivity contribution is 5.95. The second-order valence-electron chi connectivity index (χ2n) is 6.56. The molecule has 27 heavy (non-hydrogen) atoms. The van der Waals surface area contributed by atoms with Crippen molar-refractivity contribution in [1.29, 1.82) is 0 Å². The largest absolute Gasteiger partial charge is 0.493 e. The predicted molar refractivity (Wildman–Crippen MR) is 104 cm³/mol. The van der Waals surface area contributed by atoms with Gasteiger partial charge in [-0.05, 0) is 43.2 Å². The van der Waals surface area contributed by atoms with E-state index in [1.165, 1.54) is 12.0 Å². The van der Waals surface area contributed by atoms with E-state index in [-0.39, 0.29) is 18.4 Å². The molecule has 0 fully saturated rings. The zero-order chi connectivity index (χ0) is 20.0. The van der Waals surface area contributed by atoms with E-state index in [1.54, 1.807) is 26.2 Å². The number of carbonyl (C=O) groups excluding carboxylic acids is 2. The maximum absolute atomic E-state index is 12.4. The van der Waals surface area contributed by atoms with Gasteiger partial charge in [0.1, 0.15) is 0 Å². The lowest BCUT2D eigenvalue weighted by Crippen LogP contribution is -2.27. The fourth-order valence-electron chi connectivity index (χ4n) is 2.56. The van der Waals surface area contributed by atoms with Gasteiger partial charge in [-0.2, -0.15) is 0 Å². The Hall–Kier alpha value is -3.02. The molecule has 0 saturated heterocycles. The van der Waals surface area contributed by atoms with Crippen molar-refractivity contribution in [3.63, 3.8) is 0 Å².